The molecule has 1 aliphatic heterocycles. The van der Waals surface area contributed by atoms with Gasteiger partial charge in [0.1, 0.15) is 0 Å². The summed E-state index contributed by atoms with van der Waals surface area (Å²) in [5.41, 5.74) is 1.77. The number of unbranched alkanes of at least 4 members (excludes halogenated alkanes) is 1. The third-order valence-corrected chi connectivity index (χ3v) is 7.90. The Bertz CT molecular complexity index is 1120. The topological polar surface area (TPSA) is 37.4 Å². The minimum absolute atomic E-state index is 0.322. The molecule has 3 aromatic carbocycles. The van der Waals surface area contributed by atoms with Crippen LogP contribution in [-0.2, 0) is 16.0 Å². The van der Waals surface area contributed by atoms with Crippen LogP contribution in [0.15, 0.2) is 92.4 Å². The van der Waals surface area contributed by atoms with E-state index < -0.39 is 0 Å². The molecule has 0 atom stereocenters. The summed E-state index contributed by atoms with van der Waals surface area (Å²) >= 11 is 14.6. The number of carbonyl (C=O) groups is 2. The van der Waals surface area contributed by atoms with Crippen LogP contribution in [0.5, 0.6) is 0 Å². The molecule has 3 aromatic rings. The van der Waals surface area contributed by atoms with E-state index in [0.717, 1.165) is 29.1 Å². The van der Waals surface area contributed by atoms with Gasteiger partial charge in [-0.3, -0.25) is 9.59 Å². The molecule has 2 amide bonds. The van der Waals surface area contributed by atoms with Crippen LogP contribution in [0, 0.1) is 0 Å². The molecular weight excluding hydrogens is 493 g/mol. The van der Waals surface area contributed by atoms with E-state index in [1.54, 1.807) is 24.3 Å². The van der Waals surface area contributed by atoms with E-state index in [9.17, 15) is 9.59 Å². The normalized spacial score (nSPS) is 13.8. The molecule has 0 radical (unpaired) electrons. The van der Waals surface area contributed by atoms with Gasteiger partial charge in [-0.2, -0.15) is 0 Å². The lowest BCUT2D eigenvalue weighted by atomic mass is 10.1. The minimum atomic E-state index is -0.322. The van der Waals surface area contributed by atoms with E-state index in [1.807, 2.05) is 48.5 Å². The molecule has 0 saturated heterocycles. The van der Waals surface area contributed by atoms with Crippen molar-refractivity contribution in [2.45, 2.75) is 36.0 Å². The molecule has 168 valence electrons. The van der Waals surface area contributed by atoms with Crippen LogP contribution in [0.3, 0.4) is 0 Å². The highest BCUT2D eigenvalue weighted by atomic mass is 35.5. The summed E-state index contributed by atoms with van der Waals surface area (Å²) in [6.45, 7) is 2.15. The number of hydrogen-bond acceptors (Lipinski definition) is 4. The fourth-order valence-electron chi connectivity index (χ4n) is 3.34. The largest absolute Gasteiger partial charge is 0.273 e. The highest BCUT2D eigenvalue weighted by Gasteiger charge is 2.40. The number of hydrogen-bond donors (Lipinski definition) is 0. The summed E-state index contributed by atoms with van der Waals surface area (Å²) in [6, 6.07) is 22.1. The van der Waals surface area contributed by atoms with E-state index in [1.165, 1.54) is 34.0 Å². The lowest BCUT2D eigenvalue weighted by Crippen LogP contribution is -2.31. The molecule has 3 nitrogen and oxygen atoms in total. The minimum Gasteiger partial charge on any atom is -0.268 e. The first-order valence-electron chi connectivity index (χ1n) is 10.5. The van der Waals surface area contributed by atoms with E-state index in [0.29, 0.717) is 25.5 Å². The molecule has 1 aliphatic rings. The van der Waals surface area contributed by atoms with Gasteiger partial charge in [-0.05, 0) is 79.1 Å². The van der Waals surface area contributed by atoms with Crippen LogP contribution < -0.4 is 4.90 Å². The zero-order valence-corrected chi connectivity index (χ0v) is 21.0. The predicted octanol–water partition coefficient (Wildman–Crippen LogP) is 8.01. The van der Waals surface area contributed by atoms with Crippen molar-refractivity contribution >= 4 is 64.2 Å². The Balaban J connectivity index is 1.66. The number of rotatable bonds is 8. The van der Waals surface area contributed by atoms with Crippen LogP contribution in [0.4, 0.5) is 5.69 Å². The van der Waals surface area contributed by atoms with Crippen LogP contribution in [-0.4, -0.2) is 11.8 Å². The smallest absolute Gasteiger partial charge is 0.268 e. The van der Waals surface area contributed by atoms with Crippen LogP contribution in [0.25, 0.3) is 0 Å². The van der Waals surface area contributed by atoms with E-state index >= 15 is 0 Å². The number of aryl methyl sites for hydroxylation is 1. The third-order valence-electron chi connectivity index (χ3n) is 5.08. The number of anilines is 1. The van der Waals surface area contributed by atoms with Gasteiger partial charge in [0, 0.05) is 19.8 Å². The van der Waals surface area contributed by atoms with Crippen LogP contribution in [0.2, 0.25) is 10.0 Å². The molecular formula is C26H21Cl2NO2S2. The maximum absolute atomic E-state index is 13.5. The number of nitrogens with zero attached hydrogens (tertiary/aromatic N) is 1. The monoisotopic (exact) mass is 513 g/mol. The van der Waals surface area contributed by atoms with Crippen molar-refractivity contribution in [3.8, 4) is 0 Å². The number of thioether (sulfide) groups is 2. The van der Waals surface area contributed by atoms with Gasteiger partial charge in [-0.25, -0.2) is 4.90 Å². The average Bonchev–Trinajstić information content (AvgIpc) is 3.05. The quantitative estimate of drug-likeness (QED) is 0.286. The number of amides is 2. The molecule has 0 saturated carbocycles. The third kappa shape index (κ3) is 5.67. The highest BCUT2D eigenvalue weighted by Crippen LogP contribution is 2.44. The van der Waals surface area contributed by atoms with E-state index in [2.05, 4.69) is 6.92 Å². The van der Waals surface area contributed by atoms with Gasteiger partial charge in [-0.15, -0.1) is 0 Å². The van der Waals surface area contributed by atoms with Gasteiger partial charge >= 0.3 is 0 Å². The number of benzene rings is 3. The van der Waals surface area contributed by atoms with Gasteiger partial charge in [0.05, 0.1) is 15.5 Å². The zero-order valence-electron chi connectivity index (χ0n) is 17.9. The summed E-state index contributed by atoms with van der Waals surface area (Å²) in [5.74, 6) is -0.643. The molecule has 0 N–H and O–H groups in total. The van der Waals surface area contributed by atoms with Crippen molar-refractivity contribution in [2.75, 3.05) is 4.90 Å². The molecule has 0 fully saturated rings. The van der Waals surface area contributed by atoms with Gasteiger partial charge in [0.15, 0.2) is 0 Å². The summed E-state index contributed by atoms with van der Waals surface area (Å²) in [6.07, 6.45) is 3.20. The summed E-state index contributed by atoms with van der Waals surface area (Å²) in [7, 11) is 0. The summed E-state index contributed by atoms with van der Waals surface area (Å²) < 4.78 is 0. The Hall–Kier alpha value is -2.18. The summed E-state index contributed by atoms with van der Waals surface area (Å²) in [4.78, 5) is 30.7. The van der Waals surface area contributed by atoms with Gasteiger partial charge < -0.3 is 0 Å². The molecule has 33 heavy (non-hydrogen) atoms. The molecule has 1 heterocycles. The first-order valence-corrected chi connectivity index (χ1v) is 12.9. The van der Waals surface area contributed by atoms with Gasteiger partial charge in [-0.1, -0.05) is 72.2 Å². The van der Waals surface area contributed by atoms with Crippen molar-refractivity contribution in [3.05, 3.63) is 98.2 Å². The van der Waals surface area contributed by atoms with E-state index in [4.69, 9.17) is 23.2 Å². The van der Waals surface area contributed by atoms with Crippen LogP contribution in [0.1, 0.15) is 25.3 Å². The Labute approximate surface area is 212 Å². The second kappa shape index (κ2) is 10.8. The summed E-state index contributed by atoms with van der Waals surface area (Å²) in [5, 5.41) is 1.23. The number of imide groups is 1. The Morgan fingerprint density at radius 3 is 1.58 bits per heavy atom. The Morgan fingerprint density at radius 1 is 0.697 bits per heavy atom. The SMILES string of the molecule is CCCCc1ccc(N2C(=O)C(Sc3ccc(Cl)cc3)=C(Sc3ccc(Cl)cc3)C2=O)cc1. The lowest BCUT2D eigenvalue weighted by Gasteiger charge is -2.15. The zero-order chi connectivity index (χ0) is 23.4. The number of halogens is 2. The molecule has 0 aromatic heterocycles. The average molecular weight is 514 g/mol. The second-order valence-electron chi connectivity index (χ2n) is 7.49. The Kier molecular flexibility index (Phi) is 7.86. The molecule has 0 unspecified atom stereocenters. The fraction of sp³-hybridized carbons (Fsp3) is 0.154. The first-order chi connectivity index (χ1) is 16.0. The van der Waals surface area contributed by atoms with Crippen molar-refractivity contribution in [1.29, 1.82) is 0 Å². The lowest BCUT2D eigenvalue weighted by molar-refractivity contribution is -0.120. The molecule has 0 aliphatic carbocycles. The van der Waals surface area contributed by atoms with Crippen molar-refractivity contribution in [3.63, 3.8) is 0 Å². The standard InChI is InChI=1S/C26H21Cl2NO2S2/c1-2-3-4-17-5-11-20(12-6-17)29-25(30)23(32-21-13-7-18(27)8-14-21)24(26(29)31)33-22-15-9-19(28)10-16-22/h5-16H,2-4H2,1H3. The molecule has 7 heteroatoms. The van der Waals surface area contributed by atoms with Crippen LogP contribution >= 0.6 is 46.7 Å². The number of carbonyl (C=O) groups excluding carboxylic acids is 2. The molecule has 0 bridgehead atoms. The predicted molar refractivity (Wildman–Crippen MR) is 139 cm³/mol. The van der Waals surface area contributed by atoms with Crippen molar-refractivity contribution in [1.82, 2.24) is 0 Å². The molecule has 4 rings (SSSR count). The molecule has 0 spiro atoms. The van der Waals surface area contributed by atoms with Gasteiger partial charge in [0.25, 0.3) is 11.8 Å². The Morgan fingerprint density at radius 2 is 1.15 bits per heavy atom. The van der Waals surface area contributed by atoms with Crippen molar-refractivity contribution in [2.24, 2.45) is 0 Å². The highest BCUT2D eigenvalue weighted by molar-refractivity contribution is 8.08. The van der Waals surface area contributed by atoms with E-state index in [-0.39, 0.29) is 11.8 Å². The second-order valence-corrected chi connectivity index (χ2v) is 10.5. The fourth-order valence-corrected chi connectivity index (χ4v) is 5.57. The first kappa shape index (κ1) is 24.0. The maximum atomic E-state index is 13.5. The van der Waals surface area contributed by atoms with Crippen molar-refractivity contribution < 1.29 is 9.59 Å². The maximum Gasteiger partial charge on any atom is 0.273 e. The van der Waals surface area contributed by atoms with Gasteiger partial charge in [0.2, 0.25) is 0 Å².